The molecule has 0 fully saturated rings. The van der Waals surface area contributed by atoms with Gasteiger partial charge in [-0.15, -0.1) is 0 Å². The number of hydrogen-bond donors (Lipinski definition) is 1. The lowest BCUT2D eigenvalue weighted by molar-refractivity contribution is -0.116. The molecule has 0 aliphatic carbocycles. The van der Waals surface area contributed by atoms with E-state index < -0.39 is 10.0 Å². The van der Waals surface area contributed by atoms with Crippen molar-refractivity contribution in [1.29, 1.82) is 0 Å². The van der Waals surface area contributed by atoms with E-state index in [0.717, 1.165) is 5.52 Å². The van der Waals surface area contributed by atoms with Crippen LogP contribution in [-0.4, -0.2) is 49.4 Å². The summed E-state index contributed by atoms with van der Waals surface area (Å²) < 4.78 is 33.2. The highest BCUT2D eigenvalue weighted by atomic mass is 35.5. The van der Waals surface area contributed by atoms with Crippen LogP contribution < -0.4 is 10.1 Å². The molecule has 3 rings (SSSR count). The maximum Gasteiger partial charge on any atom is 0.242 e. The molecule has 10 heteroatoms. The quantitative estimate of drug-likeness (QED) is 0.550. The van der Waals surface area contributed by atoms with E-state index in [2.05, 4.69) is 10.3 Å². The van der Waals surface area contributed by atoms with Crippen LogP contribution in [0.4, 0.5) is 5.69 Å². The minimum absolute atomic E-state index is 0.183. The highest BCUT2D eigenvalue weighted by Crippen LogP contribution is 2.28. The van der Waals surface area contributed by atoms with Gasteiger partial charge in [-0.3, -0.25) is 4.79 Å². The van der Waals surface area contributed by atoms with Gasteiger partial charge in [-0.05, 0) is 43.3 Å². The summed E-state index contributed by atoms with van der Waals surface area (Å²) in [6.45, 7) is 2.63. The average Bonchev–Trinajstić information content (AvgIpc) is 3.09. The zero-order valence-corrected chi connectivity index (χ0v) is 19.4. The van der Waals surface area contributed by atoms with Gasteiger partial charge in [0.05, 0.1) is 28.7 Å². The number of methoxy groups -OCH3 is 1. The van der Waals surface area contributed by atoms with Gasteiger partial charge >= 0.3 is 0 Å². The highest BCUT2D eigenvalue weighted by Gasteiger charge is 2.20. The smallest absolute Gasteiger partial charge is 0.242 e. The van der Waals surface area contributed by atoms with Gasteiger partial charge in [0, 0.05) is 38.5 Å². The number of carbonyl (C=O) groups is 1. The molecule has 8 nitrogen and oxygen atoms in total. The van der Waals surface area contributed by atoms with E-state index >= 15 is 0 Å². The maximum atomic E-state index is 12.5. The number of aromatic nitrogens is 2. The van der Waals surface area contributed by atoms with Gasteiger partial charge in [0.1, 0.15) is 11.6 Å². The average molecular weight is 465 g/mol. The van der Waals surface area contributed by atoms with Crippen molar-refractivity contribution < 1.29 is 17.9 Å². The zero-order chi connectivity index (χ0) is 22.8. The Morgan fingerprint density at radius 2 is 1.97 bits per heavy atom. The summed E-state index contributed by atoms with van der Waals surface area (Å²) >= 11 is 6.01. The van der Waals surface area contributed by atoms with Crippen molar-refractivity contribution >= 4 is 44.3 Å². The Hall–Kier alpha value is -2.62. The van der Waals surface area contributed by atoms with Gasteiger partial charge in [0.15, 0.2) is 0 Å². The molecule has 0 aliphatic rings. The molecule has 0 unspecified atom stereocenters. The number of benzene rings is 2. The third-order valence-corrected chi connectivity index (χ3v) is 6.95. The normalized spacial score (nSPS) is 11.8. The van der Waals surface area contributed by atoms with Crippen molar-refractivity contribution in [2.45, 2.75) is 31.2 Å². The van der Waals surface area contributed by atoms with Crippen molar-refractivity contribution in [1.82, 2.24) is 13.9 Å². The van der Waals surface area contributed by atoms with Crippen LogP contribution >= 0.6 is 11.6 Å². The van der Waals surface area contributed by atoms with Crippen LogP contribution in [0.3, 0.4) is 0 Å². The second-order valence-corrected chi connectivity index (χ2v) is 9.69. The van der Waals surface area contributed by atoms with E-state index in [1.807, 2.05) is 11.5 Å². The highest BCUT2D eigenvalue weighted by molar-refractivity contribution is 7.89. The van der Waals surface area contributed by atoms with Crippen molar-refractivity contribution in [2.75, 3.05) is 26.5 Å². The molecule has 0 atom stereocenters. The summed E-state index contributed by atoms with van der Waals surface area (Å²) in [5.41, 5.74) is 1.91. The number of nitrogens with zero attached hydrogens (tertiary/aromatic N) is 3. The molecular formula is C21H25ClN4O4S. The first-order chi connectivity index (χ1) is 14.7. The molecule has 1 heterocycles. The van der Waals surface area contributed by atoms with E-state index in [4.69, 9.17) is 16.3 Å². The minimum atomic E-state index is -3.55. The first-order valence-electron chi connectivity index (χ1n) is 9.72. The Bertz CT molecular complexity index is 1220. The van der Waals surface area contributed by atoms with E-state index in [-0.39, 0.29) is 17.2 Å². The van der Waals surface area contributed by atoms with Crippen LogP contribution in [-0.2, 0) is 27.8 Å². The lowest BCUT2D eigenvalue weighted by Gasteiger charge is -2.11. The molecule has 1 amide bonds. The second kappa shape index (κ2) is 9.25. The van der Waals surface area contributed by atoms with Crippen molar-refractivity contribution in [3.63, 3.8) is 0 Å². The Kier molecular flexibility index (Phi) is 6.88. The number of nitrogens with one attached hydrogen (secondary N) is 1. The summed E-state index contributed by atoms with van der Waals surface area (Å²) in [6, 6.07) is 9.90. The minimum Gasteiger partial charge on any atom is -0.495 e. The van der Waals surface area contributed by atoms with Crippen LogP contribution in [0, 0.1) is 0 Å². The molecule has 0 saturated heterocycles. The lowest BCUT2D eigenvalue weighted by Crippen LogP contribution is -2.22. The number of amides is 1. The summed E-state index contributed by atoms with van der Waals surface area (Å²) in [4.78, 5) is 17.3. The molecule has 166 valence electrons. The Balaban J connectivity index is 1.81. The molecule has 1 aromatic heterocycles. The summed E-state index contributed by atoms with van der Waals surface area (Å²) in [7, 11) is 0.948. The first-order valence-corrected chi connectivity index (χ1v) is 11.5. The number of rotatable bonds is 8. The third kappa shape index (κ3) is 4.84. The first kappa shape index (κ1) is 23.1. The van der Waals surface area contributed by atoms with Gasteiger partial charge < -0.3 is 14.6 Å². The largest absolute Gasteiger partial charge is 0.495 e. The summed E-state index contributed by atoms with van der Waals surface area (Å²) in [6.07, 6.45) is 0.592. The molecule has 1 N–H and O–H groups in total. The molecular weight excluding hydrogens is 440 g/mol. The van der Waals surface area contributed by atoms with Crippen LogP contribution in [0.2, 0.25) is 5.02 Å². The Morgan fingerprint density at radius 3 is 2.61 bits per heavy atom. The number of ether oxygens (including phenoxy) is 1. The molecule has 0 bridgehead atoms. The number of carbonyl (C=O) groups excluding carboxylic acids is 1. The fraction of sp³-hybridized carbons (Fsp3) is 0.333. The fourth-order valence-electron chi connectivity index (χ4n) is 3.29. The maximum absolute atomic E-state index is 12.5. The summed E-state index contributed by atoms with van der Waals surface area (Å²) in [5, 5.41) is 3.31. The van der Waals surface area contributed by atoms with Crippen molar-refractivity contribution in [3.8, 4) is 5.75 Å². The number of sulfonamides is 1. The van der Waals surface area contributed by atoms with Gasteiger partial charge in [-0.2, -0.15) is 0 Å². The number of hydrogen-bond acceptors (Lipinski definition) is 5. The SMILES string of the molecule is CCn1c(CCC(=O)Nc2cc(Cl)ccc2OC)nc2cc(S(=O)(=O)N(C)C)ccc21. The zero-order valence-electron chi connectivity index (χ0n) is 17.8. The lowest BCUT2D eigenvalue weighted by atomic mass is 10.2. The molecule has 0 radical (unpaired) electrons. The second-order valence-electron chi connectivity index (χ2n) is 7.10. The Morgan fingerprint density at radius 1 is 1.23 bits per heavy atom. The summed E-state index contributed by atoms with van der Waals surface area (Å²) in [5.74, 6) is 1.03. The van der Waals surface area contributed by atoms with Gasteiger partial charge in [0.25, 0.3) is 0 Å². The standard InChI is InChI=1S/C21H25ClN4O4S/c1-5-26-18-8-7-15(31(28,29)25(2)3)13-16(18)23-20(26)10-11-21(27)24-17-12-14(22)6-9-19(17)30-4/h6-9,12-13H,5,10-11H2,1-4H3,(H,24,27). The third-order valence-electron chi connectivity index (χ3n) is 4.90. The van der Waals surface area contributed by atoms with E-state index in [1.54, 1.807) is 36.4 Å². The van der Waals surface area contributed by atoms with Gasteiger partial charge in [-0.25, -0.2) is 17.7 Å². The van der Waals surface area contributed by atoms with Gasteiger partial charge in [0.2, 0.25) is 15.9 Å². The molecule has 0 saturated carbocycles. The number of aryl methyl sites for hydroxylation is 2. The van der Waals surface area contributed by atoms with Gasteiger partial charge in [-0.1, -0.05) is 11.6 Å². The molecule has 3 aromatic rings. The molecule has 0 spiro atoms. The molecule has 0 aliphatic heterocycles. The molecule has 2 aromatic carbocycles. The topological polar surface area (TPSA) is 93.5 Å². The predicted octanol–water partition coefficient (Wildman–Crippen LogP) is 3.54. The monoisotopic (exact) mass is 464 g/mol. The number of halogens is 1. The van der Waals surface area contributed by atoms with E-state index in [0.29, 0.717) is 40.8 Å². The van der Waals surface area contributed by atoms with Crippen LogP contribution in [0.15, 0.2) is 41.3 Å². The van der Waals surface area contributed by atoms with E-state index in [1.165, 1.54) is 25.5 Å². The number of fused-ring (bicyclic) bond motifs is 1. The molecule has 31 heavy (non-hydrogen) atoms. The van der Waals surface area contributed by atoms with E-state index in [9.17, 15) is 13.2 Å². The van der Waals surface area contributed by atoms with Crippen LogP contribution in [0.25, 0.3) is 11.0 Å². The number of imidazole rings is 1. The fourth-order valence-corrected chi connectivity index (χ4v) is 4.38. The van der Waals surface area contributed by atoms with Crippen LogP contribution in [0.5, 0.6) is 5.75 Å². The number of anilines is 1. The van der Waals surface area contributed by atoms with Crippen molar-refractivity contribution in [2.24, 2.45) is 0 Å². The predicted molar refractivity (Wildman–Crippen MR) is 121 cm³/mol. The Labute approximate surface area is 186 Å². The van der Waals surface area contributed by atoms with Crippen LogP contribution in [0.1, 0.15) is 19.2 Å². The van der Waals surface area contributed by atoms with Crippen molar-refractivity contribution in [3.05, 3.63) is 47.2 Å².